The number of rotatable bonds is 1. The molecule has 2 aromatic rings. The van der Waals surface area contributed by atoms with Gasteiger partial charge in [-0.25, -0.2) is 4.98 Å². The van der Waals surface area contributed by atoms with Crippen LogP contribution in [0.15, 0.2) is 16.5 Å². The van der Waals surface area contributed by atoms with Crippen LogP contribution in [0.2, 0.25) is 0 Å². The average molecular weight is 340 g/mol. The summed E-state index contributed by atoms with van der Waals surface area (Å²) in [6.07, 6.45) is 2.63. The molecule has 0 bridgehead atoms. The van der Waals surface area contributed by atoms with E-state index in [0.717, 1.165) is 21.7 Å². The van der Waals surface area contributed by atoms with Crippen LogP contribution < -0.4 is 10.6 Å². The summed E-state index contributed by atoms with van der Waals surface area (Å²) < 4.78 is 30.5. The van der Waals surface area contributed by atoms with E-state index in [1.54, 1.807) is 0 Å². The Morgan fingerprint density at radius 1 is 1.36 bits per heavy atom. The maximum absolute atomic E-state index is 8.16. The predicted molar refractivity (Wildman–Crippen MR) is 104 cm³/mol. The van der Waals surface area contributed by atoms with Gasteiger partial charge in [0.25, 0.3) is 0 Å². The summed E-state index contributed by atoms with van der Waals surface area (Å²) >= 11 is 0. The summed E-state index contributed by atoms with van der Waals surface area (Å²) in [7, 11) is 2.02. The van der Waals surface area contributed by atoms with Gasteiger partial charge in [-0.2, -0.15) is 0 Å². The third-order valence-electron chi connectivity index (χ3n) is 5.94. The topological polar surface area (TPSA) is 32.5 Å². The van der Waals surface area contributed by atoms with E-state index in [1.807, 2.05) is 33.2 Å². The van der Waals surface area contributed by atoms with Crippen molar-refractivity contribution in [2.75, 3.05) is 7.05 Å². The number of aromatic nitrogens is 1. The highest BCUT2D eigenvalue weighted by Crippen LogP contribution is 2.46. The van der Waals surface area contributed by atoms with Crippen molar-refractivity contribution in [3.8, 4) is 0 Å². The second-order valence-electron chi connectivity index (χ2n) is 8.55. The average Bonchev–Trinajstić information content (AvgIpc) is 2.97. The van der Waals surface area contributed by atoms with Crippen molar-refractivity contribution in [1.29, 1.82) is 0 Å². The first-order chi connectivity index (χ1) is 12.8. The van der Waals surface area contributed by atoms with Crippen molar-refractivity contribution in [2.45, 2.75) is 59.5 Å². The van der Waals surface area contributed by atoms with E-state index < -0.39 is 12.3 Å². The highest BCUT2D eigenvalue weighted by Gasteiger charge is 2.52. The van der Waals surface area contributed by atoms with E-state index in [4.69, 9.17) is 8.53 Å². The number of pyridine rings is 1. The van der Waals surface area contributed by atoms with Crippen molar-refractivity contribution >= 4 is 30.3 Å². The van der Waals surface area contributed by atoms with Gasteiger partial charge >= 0.3 is 6.98 Å². The Hall–Kier alpha value is -1.75. The van der Waals surface area contributed by atoms with Crippen molar-refractivity contribution < 1.29 is 8.53 Å². The van der Waals surface area contributed by atoms with E-state index in [9.17, 15) is 0 Å². The Balaban J connectivity index is 1.86. The molecule has 4 nitrogen and oxygen atoms in total. The molecular formula is C20H28BN3O. The molecule has 0 saturated carbocycles. The van der Waals surface area contributed by atoms with E-state index in [0.29, 0.717) is 12.1 Å². The lowest BCUT2D eigenvalue weighted by Gasteiger charge is -2.42. The molecule has 2 aliphatic heterocycles. The number of fused-ring (bicyclic) bond motifs is 3. The molecule has 25 heavy (non-hydrogen) atoms. The normalized spacial score (nSPS) is 31.1. The second kappa shape index (κ2) is 5.13. The molecule has 2 atom stereocenters. The van der Waals surface area contributed by atoms with Crippen LogP contribution in [0.1, 0.15) is 50.8 Å². The summed E-state index contributed by atoms with van der Waals surface area (Å²) in [5.74, 6) is 2.20. The fourth-order valence-electron chi connectivity index (χ4n) is 4.74. The molecule has 0 aliphatic carbocycles. The number of hydrogen-bond acceptors (Lipinski definition) is 4. The number of nitrogens with zero attached hydrogens (tertiary/aromatic N) is 3. The minimum Gasteiger partial charge on any atom is -0.436 e. The van der Waals surface area contributed by atoms with Crippen LogP contribution in [0.3, 0.4) is 0 Å². The summed E-state index contributed by atoms with van der Waals surface area (Å²) in [5, 5.41) is 2.04. The standard InChI is InChI=1S/C20H28BN3O/c1-13-8-9-15-16-10-21(23(7)11-17(16)25-18(15)22-13)24-14(2)19(3,4)12-20(24,5)6/h8-11,14H,12H2,1-7H3/i3D3. The van der Waals surface area contributed by atoms with Crippen molar-refractivity contribution in [3.05, 3.63) is 28.5 Å². The quantitative estimate of drug-likeness (QED) is 0.747. The lowest BCUT2D eigenvalue weighted by Crippen LogP contribution is -2.59. The van der Waals surface area contributed by atoms with Gasteiger partial charge in [0.05, 0.1) is 0 Å². The molecule has 0 N–H and O–H groups in total. The first-order valence-corrected chi connectivity index (χ1v) is 8.95. The molecule has 1 fully saturated rings. The second-order valence-corrected chi connectivity index (χ2v) is 8.55. The van der Waals surface area contributed by atoms with E-state index in [-0.39, 0.29) is 18.6 Å². The Labute approximate surface area is 154 Å². The van der Waals surface area contributed by atoms with Gasteiger partial charge in [-0.3, -0.25) is 0 Å². The largest absolute Gasteiger partial charge is 0.436 e. The molecule has 0 radical (unpaired) electrons. The lowest BCUT2D eigenvalue weighted by atomic mass is 9.67. The van der Waals surface area contributed by atoms with Gasteiger partial charge in [0.1, 0.15) is 0 Å². The van der Waals surface area contributed by atoms with Crippen molar-refractivity contribution in [3.63, 3.8) is 0 Å². The Morgan fingerprint density at radius 2 is 2.12 bits per heavy atom. The Morgan fingerprint density at radius 3 is 2.80 bits per heavy atom. The van der Waals surface area contributed by atoms with Gasteiger partial charge in [0.2, 0.25) is 5.71 Å². The first kappa shape index (κ1) is 13.5. The van der Waals surface area contributed by atoms with Gasteiger partial charge in [-0.15, -0.1) is 0 Å². The van der Waals surface area contributed by atoms with Gasteiger partial charge in [0, 0.05) is 38.2 Å². The van der Waals surface area contributed by atoms with E-state index >= 15 is 0 Å². The van der Waals surface area contributed by atoms with E-state index in [2.05, 4.69) is 47.4 Å². The monoisotopic (exact) mass is 340 g/mol. The summed E-state index contributed by atoms with van der Waals surface area (Å²) in [6.45, 7) is 8.15. The third-order valence-corrected chi connectivity index (χ3v) is 5.94. The van der Waals surface area contributed by atoms with Crippen LogP contribution in [0.4, 0.5) is 0 Å². The number of furan rings is 1. The Bertz CT molecular complexity index is 1060. The summed E-state index contributed by atoms with van der Waals surface area (Å²) in [5.41, 5.74) is 1.36. The molecule has 5 heteroatoms. The highest BCUT2D eigenvalue weighted by molar-refractivity contribution is 6.69. The summed E-state index contributed by atoms with van der Waals surface area (Å²) in [4.78, 5) is 8.97. The maximum Gasteiger partial charge on any atom is 0.371 e. The number of hydrogen-bond donors (Lipinski definition) is 0. The smallest absolute Gasteiger partial charge is 0.371 e. The fourth-order valence-corrected chi connectivity index (χ4v) is 4.74. The molecule has 132 valence electrons. The van der Waals surface area contributed by atoms with Crippen molar-refractivity contribution in [2.24, 2.45) is 5.41 Å². The van der Waals surface area contributed by atoms with Gasteiger partial charge in [0.15, 0.2) is 5.42 Å². The lowest BCUT2D eigenvalue weighted by molar-refractivity contribution is 0.226. The third kappa shape index (κ3) is 2.43. The van der Waals surface area contributed by atoms with Crippen LogP contribution in [0.25, 0.3) is 23.3 Å². The molecule has 2 aliphatic rings. The zero-order valence-electron chi connectivity index (χ0n) is 18.9. The maximum atomic E-state index is 8.16. The van der Waals surface area contributed by atoms with Crippen LogP contribution in [-0.4, -0.2) is 40.2 Å². The fraction of sp³-hybridized carbons (Fsp3) is 0.550. The van der Waals surface area contributed by atoms with Crippen molar-refractivity contribution in [1.82, 2.24) is 14.6 Å². The zero-order chi connectivity index (χ0) is 20.6. The summed E-state index contributed by atoms with van der Waals surface area (Å²) in [6, 6.07) is 3.94. The van der Waals surface area contributed by atoms with Gasteiger partial charge < -0.3 is 14.0 Å². The predicted octanol–water partition coefficient (Wildman–Crippen LogP) is 2.53. The van der Waals surface area contributed by atoms with Crippen LogP contribution >= 0.6 is 0 Å². The molecule has 1 saturated heterocycles. The minimum absolute atomic E-state index is 0.0521. The van der Waals surface area contributed by atoms with Crippen LogP contribution in [-0.2, 0) is 0 Å². The molecule has 2 unspecified atom stereocenters. The van der Waals surface area contributed by atoms with Crippen LogP contribution in [0, 0.1) is 12.3 Å². The molecule has 4 heterocycles. The molecule has 4 rings (SSSR count). The zero-order valence-corrected chi connectivity index (χ0v) is 15.9. The number of aryl methyl sites for hydroxylation is 1. The molecule has 0 spiro atoms. The molecule has 2 aromatic heterocycles. The Kier molecular flexibility index (Phi) is 2.76. The van der Waals surface area contributed by atoms with Crippen LogP contribution in [0.5, 0.6) is 0 Å². The molecule has 0 aromatic carbocycles. The van der Waals surface area contributed by atoms with Gasteiger partial charge in [-0.1, -0.05) is 19.8 Å². The van der Waals surface area contributed by atoms with Gasteiger partial charge in [-0.05, 0) is 58.7 Å². The SMILES string of the molecule is [2H]C([2H])([2H])C1(C)CC(C)(C)N(B2C=c3c(oc4nc(C)ccc34)=CN2C)C1C. The first-order valence-electron chi connectivity index (χ1n) is 10.5. The van der Waals surface area contributed by atoms with E-state index in [1.165, 1.54) is 0 Å². The molecular weight excluding hydrogens is 309 g/mol. The molecule has 0 amide bonds. The highest BCUT2D eigenvalue weighted by atomic mass is 16.3. The minimum atomic E-state index is -2.01.